The van der Waals surface area contributed by atoms with Gasteiger partial charge in [0.25, 0.3) is 0 Å². The monoisotopic (exact) mass is 414 g/mol. The lowest BCUT2D eigenvalue weighted by Crippen LogP contribution is -2.38. The Labute approximate surface area is 180 Å². The van der Waals surface area contributed by atoms with Crippen LogP contribution in [0.4, 0.5) is 5.13 Å². The maximum atomic E-state index is 11.5. The molecule has 4 aromatic rings. The molecule has 0 atom stereocenters. The Balaban J connectivity index is 1.93. The van der Waals surface area contributed by atoms with Gasteiger partial charge < -0.3 is 10.1 Å². The summed E-state index contributed by atoms with van der Waals surface area (Å²) >= 11 is 1.33. The number of hydrogen-bond acceptors (Lipinski definition) is 5. The van der Waals surface area contributed by atoms with Crippen LogP contribution in [0, 0.1) is 6.92 Å². The van der Waals surface area contributed by atoms with Crippen molar-refractivity contribution in [1.29, 1.82) is 0 Å². The number of hydrogen-bond donors (Lipinski definition) is 1. The second-order valence-corrected chi connectivity index (χ2v) is 7.92. The number of thiazole rings is 1. The van der Waals surface area contributed by atoms with Crippen LogP contribution in [-0.4, -0.2) is 11.0 Å². The highest BCUT2D eigenvalue weighted by atomic mass is 32.1. The molecule has 0 spiro atoms. The van der Waals surface area contributed by atoms with Crippen LogP contribution in [0.1, 0.15) is 29.3 Å². The van der Waals surface area contributed by atoms with E-state index in [1.54, 1.807) is 0 Å². The van der Waals surface area contributed by atoms with Crippen molar-refractivity contribution in [2.75, 3.05) is 5.32 Å². The second kappa shape index (κ2) is 8.51. The van der Waals surface area contributed by atoms with E-state index in [-0.39, 0.29) is 5.97 Å². The van der Waals surface area contributed by atoms with E-state index in [2.05, 4.69) is 46.7 Å². The standard InChI is InChI=1S/C25H22N2O2S/c1-18-23(29-19(2)28)30-24(26-18)27-25(20-12-6-3-7-13-20,21-14-8-4-9-15-21)22-16-10-5-11-17-22/h3-17H,1-2H3,(H,26,27). The van der Waals surface area contributed by atoms with Crippen molar-refractivity contribution >= 4 is 22.4 Å². The topological polar surface area (TPSA) is 51.2 Å². The minimum Gasteiger partial charge on any atom is -0.413 e. The third-order valence-corrected chi connectivity index (χ3v) is 5.86. The molecule has 0 saturated carbocycles. The van der Waals surface area contributed by atoms with Crippen molar-refractivity contribution in [3.05, 3.63) is 113 Å². The highest BCUT2D eigenvalue weighted by Gasteiger charge is 2.37. The molecule has 5 heteroatoms. The maximum Gasteiger partial charge on any atom is 0.308 e. The molecule has 1 aromatic heterocycles. The second-order valence-electron chi connectivity index (χ2n) is 6.96. The Hall–Kier alpha value is -3.44. The van der Waals surface area contributed by atoms with Crippen LogP contribution in [0.3, 0.4) is 0 Å². The third-order valence-electron chi connectivity index (χ3n) is 4.91. The van der Waals surface area contributed by atoms with E-state index in [1.807, 2.05) is 61.5 Å². The Morgan fingerprint density at radius 2 is 1.27 bits per heavy atom. The van der Waals surface area contributed by atoms with Gasteiger partial charge in [0, 0.05) is 6.92 Å². The van der Waals surface area contributed by atoms with Crippen molar-refractivity contribution in [2.45, 2.75) is 19.4 Å². The van der Waals surface area contributed by atoms with Gasteiger partial charge in [-0.05, 0) is 23.6 Å². The molecule has 0 unspecified atom stereocenters. The van der Waals surface area contributed by atoms with Crippen LogP contribution < -0.4 is 10.1 Å². The quantitative estimate of drug-likeness (QED) is 0.321. The van der Waals surface area contributed by atoms with Gasteiger partial charge in [-0.3, -0.25) is 4.79 Å². The summed E-state index contributed by atoms with van der Waals surface area (Å²) in [5, 5.41) is 4.88. The van der Waals surface area contributed by atoms with Crippen LogP contribution in [0.2, 0.25) is 0 Å². The summed E-state index contributed by atoms with van der Waals surface area (Å²) in [6.07, 6.45) is 0. The lowest BCUT2D eigenvalue weighted by molar-refractivity contribution is -0.131. The molecule has 0 fully saturated rings. The number of anilines is 1. The number of nitrogens with one attached hydrogen (secondary N) is 1. The smallest absolute Gasteiger partial charge is 0.308 e. The zero-order chi connectivity index (χ0) is 21.0. The lowest BCUT2D eigenvalue weighted by Gasteiger charge is -2.36. The van der Waals surface area contributed by atoms with Crippen molar-refractivity contribution in [3.63, 3.8) is 0 Å². The number of rotatable bonds is 6. The van der Waals surface area contributed by atoms with Crippen molar-refractivity contribution in [1.82, 2.24) is 4.98 Å². The molecule has 0 bridgehead atoms. The fraction of sp³-hybridized carbons (Fsp3) is 0.120. The predicted octanol–water partition coefficient (Wildman–Crippen LogP) is 5.78. The lowest BCUT2D eigenvalue weighted by atomic mass is 9.77. The van der Waals surface area contributed by atoms with E-state index >= 15 is 0 Å². The van der Waals surface area contributed by atoms with E-state index in [9.17, 15) is 4.79 Å². The van der Waals surface area contributed by atoms with Crippen LogP contribution in [0.15, 0.2) is 91.0 Å². The summed E-state index contributed by atoms with van der Waals surface area (Å²) in [5.74, 6) is -0.353. The van der Waals surface area contributed by atoms with Crippen LogP contribution >= 0.6 is 11.3 Å². The molecular weight excluding hydrogens is 392 g/mol. The maximum absolute atomic E-state index is 11.5. The number of aromatic nitrogens is 1. The fourth-order valence-electron chi connectivity index (χ4n) is 3.60. The molecule has 3 aromatic carbocycles. The molecule has 1 N–H and O–H groups in total. The normalized spacial score (nSPS) is 11.1. The van der Waals surface area contributed by atoms with Gasteiger partial charge in [-0.2, -0.15) is 0 Å². The molecule has 0 aliphatic heterocycles. The Morgan fingerprint density at radius 3 is 1.67 bits per heavy atom. The van der Waals surface area contributed by atoms with Crippen molar-refractivity contribution < 1.29 is 9.53 Å². The third kappa shape index (κ3) is 3.84. The summed E-state index contributed by atoms with van der Waals surface area (Å²) in [5.41, 5.74) is 3.28. The summed E-state index contributed by atoms with van der Waals surface area (Å²) < 4.78 is 5.33. The molecule has 0 radical (unpaired) electrons. The molecular formula is C25H22N2O2S. The SMILES string of the molecule is CC(=O)Oc1sc(NC(c2ccccc2)(c2ccccc2)c2ccccc2)nc1C. The highest BCUT2D eigenvalue weighted by Crippen LogP contribution is 2.42. The molecule has 0 saturated heterocycles. The molecule has 0 amide bonds. The van der Waals surface area contributed by atoms with E-state index in [0.717, 1.165) is 16.7 Å². The first-order chi connectivity index (χ1) is 14.6. The fourth-order valence-corrected chi connectivity index (χ4v) is 4.52. The first-order valence-electron chi connectivity index (χ1n) is 9.70. The molecule has 1 heterocycles. The van der Waals surface area contributed by atoms with E-state index in [4.69, 9.17) is 4.74 Å². The van der Waals surface area contributed by atoms with Gasteiger partial charge in [0.05, 0.1) is 5.69 Å². The van der Waals surface area contributed by atoms with Gasteiger partial charge in [0.2, 0.25) is 5.06 Å². The average molecular weight is 415 g/mol. The summed E-state index contributed by atoms with van der Waals surface area (Å²) in [4.78, 5) is 16.1. The Bertz CT molecular complexity index is 1030. The molecule has 0 aliphatic carbocycles. The number of aryl methyl sites for hydroxylation is 1. The average Bonchev–Trinajstić information content (AvgIpc) is 3.12. The van der Waals surface area contributed by atoms with Crippen molar-refractivity contribution in [3.8, 4) is 5.06 Å². The molecule has 150 valence electrons. The first-order valence-corrected chi connectivity index (χ1v) is 10.5. The minimum absolute atomic E-state index is 0.353. The number of carbonyl (C=O) groups excluding carboxylic acids is 1. The zero-order valence-electron chi connectivity index (χ0n) is 16.8. The molecule has 4 rings (SSSR count). The van der Waals surface area contributed by atoms with Gasteiger partial charge in [0.15, 0.2) is 5.13 Å². The molecule has 0 aliphatic rings. The largest absolute Gasteiger partial charge is 0.413 e. The minimum atomic E-state index is -0.665. The highest BCUT2D eigenvalue weighted by molar-refractivity contribution is 7.17. The van der Waals surface area contributed by atoms with Crippen LogP contribution in [0.5, 0.6) is 5.06 Å². The predicted molar refractivity (Wildman–Crippen MR) is 121 cm³/mol. The zero-order valence-corrected chi connectivity index (χ0v) is 17.6. The Morgan fingerprint density at radius 1 is 0.833 bits per heavy atom. The number of carbonyl (C=O) groups is 1. The number of nitrogens with zero attached hydrogens (tertiary/aromatic N) is 1. The van der Waals surface area contributed by atoms with Crippen LogP contribution in [0.25, 0.3) is 0 Å². The first kappa shape index (κ1) is 19.9. The number of esters is 1. The van der Waals surface area contributed by atoms with E-state index in [1.165, 1.54) is 18.3 Å². The van der Waals surface area contributed by atoms with E-state index in [0.29, 0.717) is 15.9 Å². The molecule has 30 heavy (non-hydrogen) atoms. The number of ether oxygens (including phenoxy) is 1. The molecule has 4 nitrogen and oxygen atoms in total. The van der Waals surface area contributed by atoms with Gasteiger partial charge in [-0.1, -0.05) is 102 Å². The van der Waals surface area contributed by atoms with Crippen LogP contribution in [-0.2, 0) is 10.3 Å². The summed E-state index contributed by atoms with van der Waals surface area (Å²) in [6.45, 7) is 3.24. The summed E-state index contributed by atoms with van der Waals surface area (Å²) in [6, 6.07) is 30.9. The van der Waals surface area contributed by atoms with Gasteiger partial charge in [0.1, 0.15) is 5.54 Å². The van der Waals surface area contributed by atoms with Crippen molar-refractivity contribution in [2.24, 2.45) is 0 Å². The number of benzene rings is 3. The van der Waals surface area contributed by atoms with Gasteiger partial charge >= 0.3 is 5.97 Å². The van der Waals surface area contributed by atoms with E-state index < -0.39 is 5.54 Å². The Kier molecular flexibility index (Phi) is 5.63. The van der Waals surface area contributed by atoms with Gasteiger partial charge in [-0.15, -0.1) is 0 Å². The summed E-state index contributed by atoms with van der Waals surface area (Å²) in [7, 11) is 0. The van der Waals surface area contributed by atoms with Gasteiger partial charge in [-0.25, -0.2) is 4.98 Å².